The summed E-state index contributed by atoms with van der Waals surface area (Å²) < 4.78 is 5.05. The van der Waals surface area contributed by atoms with Gasteiger partial charge in [-0.3, -0.25) is 19.3 Å². The van der Waals surface area contributed by atoms with Crippen molar-refractivity contribution < 1.29 is 23.9 Å². The SMILES string of the molecule is CCC1(CC)NC(=O)N(CC(=O)O[C@@H](C)C(=O)Nc2cccc(Cl)c2Cl)C1=O. The van der Waals surface area contributed by atoms with Crippen LogP contribution in [-0.4, -0.2) is 46.9 Å². The molecular formula is C18H21Cl2N3O5. The summed E-state index contributed by atoms with van der Waals surface area (Å²) in [5.41, 5.74) is -0.740. The zero-order chi connectivity index (χ0) is 21.1. The Hall–Kier alpha value is -2.32. The quantitative estimate of drug-likeness (QED) is 0.511. The van der Waals surface area contributed by atoms with E-state index in [1.807, 2.05) is 0 Å². The summed E-state index contributed by atoms with van der Waals surface area (Å²) >= 11 is 11.9. The van der Waals surface area contributed by atoms with Crippen LogP contribution in [-0.2, 0) is 19.1 Å². The van der Waals surface area contributed by atoms with E-state index in [4.69, 9.17) is 27.9 Å². The third kappa shape index (κ3) is 4.39. The van der Waals surface area contributed by atoms with E-state index in [1.54, 1.807) is 32.0 Å². The molecule has 1 fully saturated rings. The Labute approximate surface area is 172 Å². The van der Waals surface area contributed by atoms with Crippen molar-refractivity contribution in [3.05, 3.63) is 28.2 Å². The molecule has 152 valence electrons. The van der Waals surface area contributed by atoms with Crippen LogP contribution in [0.2, 0.25) is 10.0 Å². The monoisotopic (exact) mass is 429 g/mol. The molecule has 1 aromatic rings. The summed E-state index contributed by atoms with van der Waals surface area (Å²) in [5, 5.41) is 5.54. The van der Waals surface area contributed by atoms with Crippen molar-refractivity contribution in [3.63, 3.8) is 0 Å². The summed E-state index contributed by atoms with van der Waals surface area (Å²) in [6.45, 7) is 4.33. The van der Waals surface area contributed by atoms with Gasteiger partial charge in [-0.15, -0.1) is 0 Å². The van der Waals surface area contributed by atoms with Gasteiger partial charge in [0.05, 0.1) is 15.7 Å². The number of anilines is 1. The van der Waals surface area contributed by atoms with Crippen molar-refractivity contribution in [3.8, 4) is 0 Å². The van der Waals surface area contributed by atoms with Crippen LogP contribution in [0.5, 0.6) is 0 Å². The Morgan fingerprint density at radius 2 is 1.89 bits per heavy atom. The van der Waals surface area contributed by atoms with Crippen molar-refractivity contribution in [1.82, 2.24) is 10.2 Å². The van der Waals surface area contributed by atoms with Crippen LogP contribution in [0.3, 0.4) is 0 Å². The largest absolute Gasteiger partial charge is 0.451 e. The van der Waals surface area contributed by atoms with Gasteiger partial charge in [0, 0.05) is 0 Å². The second kappa shape index (κ2) is 8.79. The number of hydrogen-bond donors (Lipinski definition) is 2. The van der Waals surface area contributed by atoms with Crippen molar-refractivity contribution >= 4 is 52.7 Å². The molecule has 1 saturated heterocycles. The van der Waals surface area contributed by atoms with Gasteiger partial charge >= 0.3 is 12.0 Å². The number of amides is 4. The molecule has 4 amide bonds. The molecule has 1 aromatic carbocycles. The predicted octanol–water partition coefficient (Wildman–Crippen LogP) is 2.97. The molecule has 28 heavy (non-hydrogen) atoms. The molecule has 0 aromatic heterocycles. The Morgan fingerprint density at radius 3 is 2.46 bits per heavy atom. The molecule has 0 aliphatic carbocycles. The minimum absolute atomic E-state index is 0.158. The molecule has 2 rings (SSSR count). The Morgan fingerprint density at radius 1 is 1.25 bits per heavy atom. The molecular weight excluding hydrogens is 409 g/mol. The van der Waals surface area contributed by atoms with Gasteiger partial charge in [-0.05, 0) is 31.9 Å². The average Bonchev–Trinajstić information content (AvgIpc) is 2.89. The molecule has 8 nitrogen and oxygen atoms in total. The number of nitrogens with zero attached hydrogens (tertiary/aromatic N) is 1. The normalized spacial score (nSPS) is 16.5. The highest BCUT2D eigenvalue weighted by molar-refractivity contribution is 6.44. The zero-order valence-corrected chi connectivity index (χ0v) is 17.2. The van der Waals surface area contributed by atoms with E-state index in [-0.39, 0.29) is 15.7 Å². The molecule has 0 saturated carbocycles. The number of benzene rings is 1. The highest BCUT2D eigenvalue weighted by Crippen LogP contribution is 2.29. The van der Waals surface area contributed by atoms with Gasteiger partial charge in [0.2, 0.25) is 0 Å². The Kier molecular flexibility index (Phi) is 6.90. The van der Waals surface area contributed by atoms with E-state index in [2.05, 4.69) is 10.6 Å². The highest BCUT2D eigenvalue weighted by Gasteiger charge is 2.49. The number of urea groups is 1. The van der Waals surface area contributed by atoms with Crippen LogP contribution < -0.4 is 10.6 Å². The number of nitrogens with one attached hydrogen (secondary N) is 2. The topological polar surface area (TPSA) is 105 Å². The van der Waals surface area contributed by atoms with E-state index in [9.17, 15) is 19.2 Å². The smallest absolute Gasteiger partial charge is 0.327 e. The number of esters is 1. The molecule has 0 spiro atoms. The second-order valence-electron chi connectivity index (χ2n) is 6.33. The lowest BCUT2D eigenvalue weighted by Crippen LogP contribution is -2.46. The number of rotatable bonds is 7. The van der Waals surface area contributed by atoms with E-state index in [0.29, 0.717) is 12.8 Å². The third-order valence-corrected chi connectivity index (χ3v) is 5.45. The van der Waals surface area contributed by atoms with Crippen molar-refractivity contribution in [2.24, 2.45) is 0 Å². The number of carbonyl (C=O) groups excluding carboxylic acids is 4. The lowest BCUT2D eigenvalue weighted by Gasteiger charge is -2.23. The molecule has 10 heteroatoms. The fourth-order valence-corrected chi connectivity index (χ4v) is 3.15. The minimum Gasteiger partial charge on any atom is -0.451 e. The maximum Gasteiger partial charge on any atom is 0.327 e. The van der Waals surface area contributed by atoms with Gasteiger partial charge < -0.3 is 15.4 Å². The maximum atomic E-state index is 12.5. The van der Waals surface area contributed by atoms with Gasteiger partial charge in [-0.25, -0.2) is 4.79 Å². The highest BCUT2D eigenvalue weighted by atomic mass is 35.5. The van der Waals surface area contributed by atoms with Gasteiger partial charge in [0.15, 0.2) is 6.10 Å². The van der Waals surface area contributed by atoms with Gasteiger partial charge in [0.25, 0.3) is 11.8 Å². The molecule has 0 radical (unpaired) electrons. The second-order valence-corrected chi connectivity index (χ2v) is 7.12. The number of imide groups is 1. The molecule has 1 aliphatic rings. The first-order valence-electron chi connectivity index (χ1n) is 8.73. The first-order chi connectivity index (χ1) is 13.1. The summed E-state index contributed by atoms with van der Waals surface area (Å²) in [7, 11) is 0. The molecule has 2 N–H and O–H groups in total. The van der Waals surface area contributed by atoms with Crippen molar-refractivity contribution in [2.45, 2.75) is 45.3 Å². The maximum absolute atomic E-state index is 12.5. The molecule has 0 bridgehead atoms. The van der Waals surface area contributed by atoms with Crippen LogP contribution in [0.4, 0.5) is 10.5 Å². The van der Waals surface area contributed by atoms with Crippen LogP contribution in [0, 0.1) is 0 Å². The van der Waals surface area contributed by atoms with Crippen LogP contribution in [0.15, 0.2) is 18.2 Å². The summed E-state index contributed by atoms with van der Waals surface area (Å²) in [6.07, 6.45) is -0.372. The van der Waals surface area contributed by atoms with Gasteiger partial charge in [-0.2, -0.15) is 0 Å². The van der Waals surface area contributed by atoms with Gasteiger partial charge in [-0.1, -0.05) is 43.1 Å². The fraction of sp³-hybridized carbons (Fsp3) is 0.444. The molecule has 1 atom stereocenters. The lowest BCUT2D eigenvalue weighted by molar-refractivity contribution is -0.155. The standard InChI is InChI=1S/C18H21Cl2N3O5/c1-4-18(5-2)16(26)23(17(27)22-18)9-13(24)28-10(3)15(25)21-12-8-6-7-11(19)14(12)20/h6-8,10H,4-5,9H2,1-3H3,(H,21,25)(H,22,27)/t10-/m0/s1. The Bertz CT molecular complexity index is 810. The average molecular weight is 430 g/mol. The first-order valence-corrected chi connectivity index (χ1v) is 9.49. The first kappa shape index (κ1) is 22.0. The van der Waals surface area contributed by atoms with E-state index in [0.717, 1.165) is 4.90 Å². The van der Waals surface area contributed by atoms with Crippen LogP contribution in [0.25, 0.3) is 0 Å². The van der Waals surface area contributed by atoms with E-state index < -0.39 is 42.0 Å². The van der Waals surface area contributed by atoms with Crippen molar-refractivity contribution in [1.29, 1.82) is 0 Å². The molecule has 1 heterocycles. The number of hydrogen-bond acceptors (Lipinski definition) is 5. The third-order valence-electron chi connectivity index (χ3n) is 4.63. The van der Waals surface area contributed by atoms with E-state index in [1.165, 1.54) is 6.92 Å². The molecule has 1 aliphatic heterocycles. The molecule has 0 unspecified atom stereocenters. The number of carbonyl (C=O) groups is 4. The zero-order valence-electron chi connectivity index (χ0n) is 15.7. The van der Waals surface area contributed by atoms with Crippen molar-refractivity contribution in [2.75, 3.05) is 11.9 Å². The predicted molar refractivity (Wildman–Crippen MR) is 104 cm³/mol. The lowest BCUT2D eigenvalue weighted by atomic mass is 9.93. The fourth-order valence-electron chi connectivity index (χ4n) is 2.80. The van der Waals surface area contributed by atoms with Crippen LogP contribution in [0.1, 0.15) is 33.6 Å². The summed E-state index contributed by atoms with van der Waals surface area (Å²) in [6, 6.07) is 4.05. The minimum atomic E-state index is -1.18. The summed E-state index contributed by atoms with van der Waals surface area (Å²) in [4.78, 5) is 49.7. The van der Waals surface area contributed by atoms with Crippen LogP contribution >= 0.6 is 23.2 Å². The van der Waals surface area contributed by atoms with E-state index >= 15 is 0 Å². The number of halogens is 2. The van der Waals surface area contributed by atoms with Gasteiger partial charge in [0.1, 0.15) is 12.1 Å². The number of ether oxygens (including phenoxy) is 1. The summed E-state index contributed by atoms with van der Waals surface area (Å²) in [5.74, 6) is -2.00. The Balaban J connectivity index is 1.97.